The number of rotatable bonds is 4. The largest absolute Gasteiger partial charge is 0.493 e. The Bertz CT molecular complexity index is 957. The van der Waals surface area contributed by atoms with E-state index in [4.69, 9.17) is 4.74 Å². The Hall–Kier alpha value is -2.75. The molecule has 27 heavy (non-hydrogen) atoms. The predicted octanol–water partition coefficient (Wildman–Crippen LogP) is 3.50. The first kappa shape index (κ1) is 19.0. The van der Waals surface area contributed by atoms with Crippen LogP contribution in [0.15, 0.2) is 48.0 Å². The summed E-state index contributed by atoms with van der Waals surface area (Å²) in [5.74, 6) is -1.37. The lowest BCUT2D eigenvalue weighted by Crippen LogP contribution is -2.54. The predicted molar refractivity (Wildman–Crippen MR) is 106 cm³/mol. The third kappa shape index (κ3) is 4.00. The molecule has 0 unspecified atom stereocenters. The number of nitrogens with one attached hydrogen (secondary N) is 1. The highest BCUT2D eigenvalue weighted by atomic mass is 127. The van der Waals surface area contributed by atoms with Gasteiger partial charge in [-0.15, -0.1) is 0 Å². The lowest BCUT2D eigenvalue weighted by Gasteiger charge is -2.26. The molecule has 2 aromatic carbocycles. The molecular weight excluding hydrogens is 466 g/mol. The highest BCUT2D eigenvalue weighted by Gasteiger charge is 2.36. The van der Waals surface area contributed by atoms with E-state index in [2.05, 4.69) is 27.9 Å². The lowest BCUT2D eigenvalue weighted by atomic mass is 10.1. The first-order valence-corrected chi connectivity index (χ1v) is 9.08. The third-order valence-electron chi connectivity index (χ3n) is 3.75. The van der Waals surface area contributed by atoms with Crippen molar-refractivity contribution in [3.8, 4) is 5.75 Å². The van der Waals surface area contributed by atoms with Gasteiger partial charge in [0.25, 0.3) is 11.8 Å². The standard InChI is InChI=1S/C19H14FIN2O4/c1-2-27-16-8-3-11(10-15(16)21)9-14-17(24)22-19(26)23(18(14)25)13-6-4-12(20)5-7-13/h3-10H,2H2,1H3,(H,22,24,26)/b14-9+. The average Bonchev–Trinajstić information content (AvgIpc) is 2.62. The molecule has 4 amide bonds. The van der Waals surface area contributed by atoms with Crippen molar-refractivity contribution in [3.63, 3.8) is 0 Å². The Morgan fingerprint density at radius 3 is 2.48 bits per heavy atom. The van der Waals surface area contributed by atoms with E-state index in [0.29, 0.717) is 17.9 Å². The second kappa shape index (κ2) is 7.87. The lowest BCUT2D eigenvalue weighted by molar-refractivity contribution is -0.122. The van der Waals surface area contributed by atoms with E-state index in [1.165, 1.54) is 18.2 Å². The quantitative estimate of drug-likeness (QED) is 0.413. The van der Waals surface area contributed by atoms with Gasteiger partial charge in [0.2, 0.25) is 0 Å². The van der Waals surface area contributed by atoms with Crippen LogP contribution >= 0.6 is 22.6 Å². The van der Waals surface area contributed by atoms with Crippen molar-refractivity contribution in [2.75, 3.05) is 11.5 Å². The summed E-state index contributed by atoms with van der Waals surface area (Å²) in [5.41, 5.74) is 0.576. The minimum absolute atomic E-state index is 0.165. The van der Waals surface area contributed by atoms with Crippen LogP contribution in [0, 0.1) is 9.39 Å². The van der Waals surface area contributed by atoms with Crippen molar-refractivity contribution < 1.29 is 23.5 Å². The van der Waals surface area contributed by atoms with Gasteiger partial charge >= 0.3 is 6.03 Å². The highest BCUT2D eigenvalue weighted by molar-refractivity contribution is 14.1. The van der Waals surface area contributed by atoms with E-state index in [1.807, 2.05) is 6.92 Å². The van der Waals surface area contributed by atoms with Crippen molar-refractivity contribution in [3.05, 3.63) is 63.0 Å². The molecular formula is C19H14FIN2O4. The fraction of sp³-hybridized carbons (Fsp3) is 0.105. The zero-order chi connectivity index (χ0) is 19.6. The maximum absolute atomic E-state index is 13.1. The number of ether oxygens (including phenoxy) is 1. The number of hydrogen-bond acceptors (Lipinski definition) is 4. The van der Waals surface area contributed by atoms with Crippen LogP contribution in [-0.2, 0) is 9.59 Å². The van der Waals surface area contributed by atoms with Crippen LogP contribution in [-0.4, -0.2) is 24.5 Å². The molecule has 1 aliphatic rings. The van der Waals surface area contributed by atoms with Gasteiger partial charge in [0.05, 0.1) is 15.9 Å². The molecule has 1 N–H and O–H groups in total. The van der Waals surface area contributed by atoms with E-state index in [9.17, 15) is 18.8 Å². The fourth-order valence-corrected chi connectivity index (χ4v) is 3.22. The smallest absolute Gasteiger partial charge is 0.335 e. The maximum atomic E-state index is 13.1. The molecule has 0 radical (unpaired) electrons. The zero-order valence-corrected chi connectivity index (χ0v) is 16.3. The molecule has 0 atom stereocenters. The second-order valence-electron chi connectivity index (χ2n) is 5.56. The molecule has 6 nitrogen and oxygen atoms in total. The topological polar surface area (TPSA) is 75.7 Å². The Morgan fingerprint density at radius 1 is 1.15 bits per heavy atom. The number of benzene rings is 2. The number of carbonyl (C=O) groups excluding carboxylic acids is 3. The van der Waals surface area contributed by atoms with E-state index in [0.717, 1.165) is 20.6 Å². The summed E-state index contributed by atoms with van der Waals surface area (Å²) in [5, 5.41) is 2.13. The van der Waals surface area contributed by atoms with Crippen molar-refractivity contribution >= 4 is 52.2 Å². The minimum Gasteiger partial charge on any atom is -0.493 e. The summed E-state index contributed by atoms with van der Waals surface area (Å²) in [7, 11) is 0. The summed E-state index contributed by atoms with van der Waals surface area (Å²) in [4.78, 5) is 37.8. The highest BCUT2D eigenvalue weighted by Crippen LogP contribution is 2.25. The van der Waals surface area contributed by atoms with Crippen molar-refractivity contribution in [1.82, 2.24) is 5.32 Å². The number of amides is 4. The summed E-state index contributed by atoms with van der Waals surface area (Å²) in [6.45, 7) is 2.39. The number of imide groups is 2. The number of urea groups is 1. The summed E-state index contributed by atoms with van der Waals surface area (Å²) in [6, 6.07) is 9.17. The van der Waals surface area contributed by atoms with Gasteiger partial charge in [-0.2, -0.15) is 0 Å². The molecule has 1 aliphatic heterocycles. The maximum Gasteiger partial charge on any atom is 0.335 e. The minimum atomic E-state index is -0.880. The third-order valence-corrected chi connectivity index (χ3v) is 4.60. The molecule has 0 spiro atoms. The van der Waals surface area contributed by atoms with Gasteiger partial charge in [0.1, 0.15) is 17.1 Å². The summed E-state index contributed by atoms with van der Waals surface area (Å²) < 4.78 is 19.4. The van der Waals surface area contributed by atoms with Gasteiger partial charge in [-0.25, -0.2) is 14.1 Å². The van der Waals surface area contributed by atoms with Gasteiger partial charge < -0.3 is 4.74 Å². The number of halogens is 2. The summed E-state index contributed by atoms with van der Waals surface area (Å²) >= 11 is 2.09. The molecule has 0 aromatic heterocycles. The van der Waals surface area contributed by atoms with Crippen LogP contribution in [0.1, 0.15) is 12.5 Å². The first-order chi connectivity index (χ1) is 12.9. The van der Waals surface area contributed by atoms with E-state index < -0.39 is 23.7 Å². The van der Waals surface area contributed by atoms with Crippen molar-refractivity contribution in [2.45, 2.75) is 6.92 Å². The van der Waals surface area contributed by atoms with E-state index >= 15 is 0 Å². The van der Waals surface area contributed by atoms with Crippen LogP contribution < -0.4 is 15.0 Å². The molecule has 1 heterocycles. The average molecular weight is 480 g/mol. The molecule has 3 rings (SSSR count). The molecule has 0 bridgehead atoms. The van der Waals surface area contributed by atoms with Gasteiger partial charge in [-0.3, -0.25) is 14.9 Å². The number of barbiturate groups is 1. The first-order valence-electron chi connectivity index (χ1n) is 8.00. The van der Waals surface area contributed by atoms with Crippen LogP contribution in [0.25, 0.3) is 6.08 Å². The van der Waals surface area contributed by atoms with Gasteiger partial charge in [-0.1, -0.05) is 6.07 Å². The SMILES string of the molecule is CCOc1ccc(/C=C2\C(=O)NC(=O)N(c3ccc(F)cc3)C2=O)cc1I. The number of nitrogens with zero attached hydrogens (tertiary/aromatic N) is 1. The van der Waals surface area contributed by atoms with Crippen LogP contribution in [0.2, 0.25) is 0 Å². The number of carbonyl (C=O) groups is 3. The van der Waals surface area contributed by atoms with Crippen LogP contribution in [0.4, 0.5) is 14.9 Å². The molecule has 2 aromatic rings. The number of hydrogen-bond donors (Lipinski definition) is 1. The molecule has 1 fully saturated rings. The van der Waals surface area contributed by atoms with E-state index in [-0.39, 0.29) is 11.3 Å². The molecule has 0 aliphatic carbocycles. The van der Waals surface area contributed by atoms with Gasteiger partial charge in [0.15, 0.2) is 0 Å². The number of anilines is 1. The molecule has 1 saturated heterocycles. The van der Waals surface area contributed by atoms with Crippen molar-refractivity contribution in [1.29, 1.82) is 0 Å². The molecule has 138 valence electrons. The normalized spacial score (nSPS) is 15.9. The van der Waals surface area contributed by atoms with Gasteiger partial charge in [0, 0.05) is 0 Å². The monoisotopic (exact) mass is 480 g/mol. The Kier molecular flexibility index (Phi) is 5.54. The fourth-order valence-electron chi connectivity index (χ4n) is 2.53. The Labute approximate surface area is 168 Å². The van der Waals surface area contributed by atoms with Crippen LogP contribution in [0.3, 0.4) is 0 Å². The Morgan fingerprint density at radius 2 is 1.85 bits per heavy atom. The van der Waals surface area contributed by atoms with Crippen molar-refractivity contribution in [2.24, 2.45) is 0 Å². The molecule has 8 heteroatoms. The second-order valence-corrected chi connectivity index (χ2v) is 6.72. The van der Waals surface area contributed by atoms with Gasteiger partial charge in [-0.05, 0) is 77.6 Å². The Balaban J connectivity index is 1.96. The summed E-state index contributed by atoms with van der Waals surface area (Å²) in [6.07, 6.45) is 1.40. The van der Waals surface area contributed by atoms with Crippen LogP contribution in [0.5, 0.6) is 5.75 Å². The molecule has 0 saturated carbocycles. The zero-order valence-electron chi connectivity index (χ0n) is 14.2. The van der Waals surface area contributed by atoms with E-state index in [1.54, 1.807) is 18.2 Å².